The van der Waals surface area contributed by atoms with E-state index in [0.717, 1.165) is 0 Å². The zero-order chi connectivity index (χ0) is 15.8. The maximum atomic E-state index is 10.7. The molecule has 0 radical (unpaired) electrons. The van der Waals surface area contributed by atoms with Crippen LogP contribution in [0, 0.1) is 20.2 Å². The Bertz CT molecular complexity index is 527. The minimum absolute atomic E-state index is 0.0813. The highest BCUT2D eigenvalue weighted by molar-refractivity contribution is 5.66. The van der Waals surface area contributed by atoms with Gasteiger partial charge in [0.15, 0.2) is 11.2 Å². The molecule has 11 nitrogen and oxygen atoms in total. The second-order valence-electron chi connectivity index (χ2n) is 4.11. The SMILES string of the molecule is O=C(O)CCCCCOCc1nc([N+](=O)[O-])cn1[N+](=O)[O-]. The number of aliphatic carboxylic acids is 1. The van der Waals surface area contributed by atoms with Crippen molar-refractivity contribution >= 4 is 11.8 Å². The molecule has 0 spiro atoms. The lowest BCUT2D eigenvalue weighted by atomic mass is 10.2. The third-order valence-corrected chi connectivity index (χ3v) is 2.52. The number of carbonyl (C=O) groups is 1. The van der Waals surface area contributed by atoms with Crippen molar-refractivity contribution in [2.45, 2.75) is 32.3 Å². The average molecular weight is 302 g/mol. The van der Waals surface area contributed by atoms with Crippen molar-refractivity contribution in [3.05, 3.63) is 32.2 Å². The molecule has 1 N–H and O–H groups in total. The Morgan fingerprint density at radius 1 is 1.33 bits per heavy atom. The van der Waals surface area contributed by atoms with Crippen LogP contribution in [-0.2, 0) is 16.1 Å². The van der Waals surface area contributed by atoms with Gasteiger partial charge in [0.1, 0.15) is 6.61 Å². The molecular weight excluding hydrogens is 288 g/mol. The Balaban J connectivity index is 2.39. The lowest BCUT2D eigenvalue weighted by Gasteiger charge is -2.00. The molecule has 0 saturated heterocycles. The molecule has 1 heterocycles. The van der Waals surface area contributed by atoms with E-state index >= 15 is 0 Å². The predicted octanol–water partition coefficient (Wildman–Crippen LogP) is 0.993. The van der Waals surface area contributed by atoms with Crippen molar-refractivity contribution in [1.82, 2.24) is 9.66 Å². The number of hydrogen-bond donors (Lipinski definition) is 1. The van der Waals surface area contributed by atoms with Crippen molar-refractivity contribution in [3.8, 4) is 0 Å². The molecule has 0 saturated carbocycles. The van der Waals surface area contributed by atoms with Crippen molar-refractivity contribution in [1.29, 1.82) is 0 Å². The summed E-state index contributed by atoms with van der Waals surface area (Å²) in [5, 5.41) is 28.8. The topological polar surface area (TPSA) is 151 Å². The number of carboxylic acids is 1. The van der Waals surface area contributed by atoms with Crippen LogP contribution in [0.4, 0.5) is 5.82 Å². The highest BCUT2D eigenvalue weighted by Gasteiger charge is 2.25. The third-order valence-electron chi connectivity index (χ3n) is 2.52. The number of nitro groups is 2. The van der Waals surface area contributed by atoms with Crippen molar-refractivity contribution in [2.75, 3.05) is 6.61 Å². The van der Waals surface area contributed by atoms with Crippen LogP contribution in [-0.4, -0.2) is 37.3 Å². The highest BCUT2D eigenvalue weighted by atomic mass is 16.7. The van der Waals surface area contributed by atoms with E-state index in [9.17, 15) is 25.0 Å². The zero-order valence-corrected chi connectivity index (χ0v) is 11.0. The van der Waals surface area contributed by atoms with Gasteiger partial charge in [-0.3, -0.25) is 4.79 Å². The molecule has 0 unspecified atom stereocenters. The maximum absolute atomic E-state index is 10.7. The smallest absolute Gasteiger partial charge is 0.388 e. The van der Waals surface area contributed by atoms with Crippen LogP contribution < -0.4 is 0 Å². The van der Waals surface area contributed by atoms with Gasteiger partial charge < -0.3 is 20.0 Å². The number of ether oxygens (including phenoxy) is 1. The first-order valence-electron chi connectivity index (χ1n) is 6.08. The van der Waals surface area contributed by atoms with Crippen LogP contribution >= 0.6 is 0 Å². The second-order valence-corrected chi connectivity index (χ2v) is 4.11. The molecule has 0 fully saturated rings. The molecule has 0 aliphatic rings. The lowest BCUT2D eigenvalue weighted by Crippen LogP contribution is -2.12. The number of unbranched alkanes of at least 4 members (excludes halogenated alkanes) is 2. The largest absolute Gasteiger partial charge is 0.481 e. The molecule has 0 aromatic carbocycles. The van der Waals surface area contributed by atoms with E-state index in [0.29, 0.717) is 30.1 Å². The van der Waals surface area contributed by atoms with E-state index in [2.05, 4.69) is 4.98 Å². The van der Waals surface area contributed by atoms with Gasteiger partial charge in [-0.25, -0.2) is 10.1 Å². The number of nitrogens with zero attached hydrogens (tertiary/aromatic N) is 4. The number of aromatic nitrogens is 2. The van der Waals surface area contributed by atoms with Crippen LogP contribution in [0.5, 0.6) is 0 Å². The minimum atomic E-state index is -0.865. The first-order valence-corrected chi connectivity index (χ1v) is 6.08. The van der Waals surface area contributed by atoms with Gasteiger partial charge in [0.25, 0.3) is 0 Å². The number of rotatable bonds is 10. The summed E-state index contributed by atoms with van der Waals surface area (Å²) in [5.41, 5.74) is 0. The summed E-state index contributed by atoms with van der Waals surface area (Å²) in [4.78, 5) is 34.2. The van der Waals surface area contributed by atoms with E-state index in [4.69, 9.17) is 9.84 Å². The fourth-order valence-electron chi connectivity index (χ4n) is 1.54. The predicted molar refractivity (Wildman–Crippen MR) is 67.0 cm³/mol. The number of imidazole rings is 1. The molecule has 21 heavy (non-hydrogen) atoms. The van der Waals surface area contributed by atoms with Crippen LogP contribution in [0.2, 0.25) is 0 Å². The summed E-state index contributed by atoms with van der Waals surface area (Å²) in [5.74, 6) is -1.65. The Morgan fingerprint density at radius 2 is 2.05 bits per heavy atom. The van der Waals surface area contributed by atoms with E-state index in [1.165, 1.54) is 0 Å². The molecule has 0 atom stereocenters. The Kier molecular flexibility index (Phi) is 6.20. The average Bonchev–Trinajstić information content (AvgIpc) is 2.81. The van der Waals surface area contributed by atoms with Crippen LogP contribution in [0.1, 0.15) is 31.5 Å². The monoisotopic (exact) mass is 302 g/mol. The molecule has 0 bridgehead atoms. The van der Waals surface area contributed by atoms with Gasteiger partial charge in [0, 0.05) is 13.0 Å². The summed E-state index contributed by atoms with van der Waals surface area (Å²) in [6.45, 7) is 0.0335. The summed E-state index contributed by atoms with van der Waals surface area (Å²) in [7, 11) is 0. The maximum Gasteiger partial charge on any atom is 0.388 e. The molecule has 0 aliphatic heterocycles. The van der Waals surface area contributed by atoms with Crippen molar-refractivity contribution in [2.24, 2.45) is 0 Å². The van der Waals surface area contributed by atoms with Crippen LogP contribution in [0.25, 0.3) is 0 Å². The Hall–Kier alpha value is -2.56. The lowest BCUT2D eigenvalue weighted by molar-refractivity contribution is -0.544. The standard InChI is InChI=1S/C10H14N4O7/c15-10(16)4-2-1-3-5-21-7-9-11-8(13(17)18)6-12(9)14(19)20/h6H,1-5,7H2,(H,15,16). The molecule has 1 aromatic heterocycles. The molecule has 11 heteroatoms. The van der Waals surface area contributed by atoms with Crippen molar-refractivity contribution < 1.29 is 24.6 Å². The van der Waals surface area contributed by atoms with Crippen molar-refractivity contribution in [3.63, 3.8) is 0 Å². The molecule has 116 valence electrons. The second kappa shape index (κ2) is 7.89. The third kappa shape index (κ3) is 5.52. The van der Waals surface area contributed by atoms with Crippen LogP contribution in [0.15, 0.2) is 6.20 Å². The molecule has 1 aromatic rings. The van der Waals surface area contributed by atoms with Gasteiger partial charge in [-0.15, -0.1) is 0 Å². The van der Waals surface area contributed by atoms with Gasteiger partial charge in [-0.1, -0.05) is 6.42 Å². The van der Waals surface area contributed by atoms with Gasteiger partial charge in [0.2, 0.25) is 0 Å². The first-order chi connectivity index (χ1) is 9.91. The molecule has 0 aliphatic carbocycles. The first kappa shape index (κ1) is 16.5. The highest BCUT2D eigenvalue weighted by Crippen LogP contribution is 2.12. The number of hydrogen-bond acceptors (Lipinski definition) is 7. The summed E-state index contributed by atoms with van der Waals surface area (Å²) < 4.78 is 5.60. The summed E-state index contributed by atoms with van der Waals surface area (Å²) in [6.07, 6.45) is 2.56. The zero-order valence-electron chi connectivity index (χ0n) is 11.0. The molecule has 1 rings (SSSR count). The van der Waals surface area contributed by atoms with Gasteiger partial charge in [-0.05, 0) is 27.4 Å². The molecule has 0 amide bonds. The van der Waals surface area contributed by atoms with Crippen LogP contribution in [0.3, 0.4) is 0 Å². The van der Waals surface area contributed by atoms with E-state index in [-0.39, 0.29) is 25.5 Å². The van der Waals surface area contributed by atoms with E-state index < -0.39 is 21.7 Å². The Labute approximate surface area is 118 Å². The van der Waals surface area contributed by atoms with Gasteiger partial charge in [-0.2, -0.15) is 0 Å². The normalized spacial score (nSPS) is 10.5. The summed E-state index contributed by atoms with van der Waals surface area (Å²) in [6, 6.07) is 0. The Morgan fingerprint density at radius 3 is 2.62 bits per heavy atom. The van der Waals surface area contributed by atoms with Gasteiger partial charge >= 0.3 is 17.6 Å². The summed E-state index contributed by atoms with van der Waals surface area (Å²) >= 11 is 0. The van der Waals surface area contributed by atoms with E-state index in [1.807, 2.05) is 0 Å². The fraction of sp³-hybridized carbons (Fsp3) is 0.600. The van der Waals surface area contributed by atoms with E-state index in [1.54, 1.807) is 0 Å². The quantitative estimate of drug-likeness (QED) is 0.381. The minimum Gasteiger partial charge on any atom is -0.481 e. The molecular formula is C10H14N4O7. The number of carboxylic acid groups (broad SMARTS) is 1. The fourth-order valence-corrected chi connectivity index (χ4v) is 1.54. The van der Waals surface area contributed by atoms with Gasteiger partial charge in [0.05, 0.1) is 0 Å².